The van der Waals surface area contributed by atoms with Gasteiger partial charge in [-0.15, -0.1) is 0 Å². The zero-order chi connectivity index (χ0) is 12.0. The Morgan fingerprint density at radius 2 is 1.88 bits per heavy atom. The maximum Gasteiger partial charge on any atom is 0.0897 e. The number of nitrogens with one attached hydrogen (secondary N) is 1. The van der Waals surface area contributed by atoms with Gasteiger partial charge in [-0.25, -0.2) is 0 Å². The zero-order valence-corrected chi connectivity index (χ0v) is 10.9. The molecule has 0 aromatic rings. The Kier molecular flexibility index (Phi) is 3.18. The van der Waals surface area contributed by atoms with Gasteiger partial charge in [0.2, 0.25) is 0 Å². The van der Waals surface area contributed by atoms with E-state index in [1.165, 1.54) is 19.3 Å². The van der Waals surface area contributed by atoms with E-state index in [2.05, 4.69) is 5.32 Å². The van der Waals surface area contributed by atoms with Crippen LogP contribution in [0.1, 0.15) is 33.1 Å². The van der Waals surface area contributed by atoms with Gasteiger partial charge in [0.15, 0.2) is 0 Å². The van der Waals surface area contributed by atoms with E-state index in [0.717, 1.165) is 29.7 Å². The zero-order valence-electron chi connectivity index (χ0n) is 10.9. The molecule has 0 spiro atoms. The van der Waals surface area contributed by atoms with Crippen molar-refractivity contribution in [3.8, 4) is 0 Å². The molecule has 0 saturated heterocycles. The monoisotopic (exact) mass is 239 g/mol. The molecule has 0 aliphatic heterocycles. The number of rotatable bonds is 6. The molecule has 2 N–H and O–H groups in total. The summed E-state index contributed by atoms with van der Waals surface area (Å²) >= 11 is 0. The van der Waals surface area contributed by atoms with Gasteiger partial charge in [-0.3, -0.25) is 0 Å². The van der Waals surface area contributed by atoms with Crippen molar-refractivity contribution in [3.05, 3.63) is 0 Å². The lowest BCUT2D eigenvalue weighted by Crippen LogP contribution is -2.34. The van der Waals surface area contributed by atoms with Crippen molar-refractivity contribution in [3.63, 3.8) is 0 Å². The van der Waals surface area contributed by atoms with E-state index in [4.69, 9.17) is 4.74 Å². The topological polar surface area (TPSA) is 41.5 Å². The number of fused-ring (bicyclic) bond motifs is 5. The van der Waals surface area contributed by atoms with Gasteiger partial charge in [0.1, 0.15) is 0 Å². The maximum absolute atomic E-state index is 9.80. The third-order valence-corrected chi connectivity index (χ3v) is 4.95. The van der Waals surface area contributed by atoms with Gasteiger partial charge in [0.05, 0.1) is 18.8 Å². The lowest BCUT2D eigenvalue weighted by atomic mass is 10.0. The summed E-state index contributed by atoms with van der Waals surface area (Å²) in [4.78, 5) is 0. The molecule has 0 aromatic carbocycles. The van der Waals surface area contributed by atoms with Crippen molar-refractivity contribution >= 4 is 0 Å². The minimum atomic E-state index is -0.351. The summed E-state index contributed by atoms with van der Waals surface area (Å²) in [6.45, 7) is 5.16. The molecule has 3 saturated carbocycles. The van der Waals surface area contributed by atoms with Crippen molar-refractivity contribution in [1.29, 1.82) is 0 Å². The summed E-state index contributed by atoms with van der Waals surface area (Å²) in [6, 6.07) is 0.718. The van der Waals surface area contributed by atoms with E-state index in [-0.39, 0.29) is 12.2 Å². The van der Waals surface area contributed by atoms with Gasteiger partial charge < -0.3 is 15.2 Å². The molecule has 5 unspecified atom stereocenters. The summed E-state index contributed by atoms with van der Waals surface area (Å²) in [5, 5.41) is 13.4. The SMILES string of the molecule is CC(C)OCC(O)CNC1C2C3CCC(C3)C12. The van der Waals surface area contributed by atoms with E-state index in [1.807, 2.05) is 13.8 Å². The quantitative estimate of drug-likeness (QED) is 0.736. The van der Waals surface area contributed by atoms with Gasteiger partial charge in [-0.1, -0.05) is 0 Å². The van der Waals surface area contributed by atoms with Crippen LogP contribution in [-0.2, 0) is 4.74 Å². The van der Waals surface area contributed by atoms with Crippen LogP contribution >= 0.6 is 0 Å². The Bertz CT molecular complexity index is 265. The van der Waals surface area contributed by atoms with Gasteiger partial charge >= 0.3 is 0 Å². The van der Waals surface area contributed by atoms with E-state index in [0.29, 0.717) is 13.2 Å². The van der Waals surface area contributed by atoms with Crippen LogP contribution in [0.25, 0.3) is 0 Å². The molecule has 3 aliphatic carbocycles. The third-order valence-electron chi connectivity index (χ3n) is 4.95. The highest BCUT2D eigenvalue weighted by Crippen LogP contribution is 2.65. The molecule has 3 aliphatic rings. The predicted octanol–water partition coefficient (Wildman–Crippen LogP) is 1.41. The summed E-state index contributed by atoms with van der Waals surface area (Å²) in [5.41, 5.74) is 0. The Labute approximate surface area is 104 Å². The summed E-state index contributed by atoms with van der Waals surface area (Å²) in [7, 11) is 0. The van der Waals surface area contributed by atoms with E-state index in [1.54, 1.807) is 0 Å². The average Bonchev–Trinajstić information content (AvgIpc) is 2.68. The molecule has 17 heavy (non-hydrogen) atoms. The number of hydrogen-bond acceptors (Lipinski definition) is 3. The fourth-order valence-electron chi connectivity index (χ4n) is 4.23. The van der Waals surface area contributed by atoms with Gasteiger partial charge in [0.25, 0.3) is 0 Å². The number of aliphatic hydroxyl groups excluding tert-OH is 1. The van der Waals surface area contributed by atoms with E-state index in [9.17, 15) is 5.11 Å². The molecule has 0 amide bonds. The second kappa shape index (κ2) is 4.52. The maximum atomic E-state index is 9.80. The predicted molar refractivity (Wildman–Crippen MR) is 66.7 cm³/mol. The molecule has 3 fully saturated rings. The molecule has 0 aromatic heterocycles. The Balaban J connectivity index is 1.36. The van der Waals surface area contributed by atoms with Gasteiger partial charge in [-0.2, -0.15) is 0 Å². The lowest BCUT2D eigenvalue weighted by molar-refractivity contribution is 0.00593. The number of aliphatic hydroxyl groups is 1. The van der Waals surface area contributed by atoms with Crippen LogP contribution in [0, 0.1) is 23.7 Å². The Morgan fingerprint density at radius 3 is 2.47 bits per heavy atom. The number of ether oxygens (including phenoxy) is 1. The van der Waals surface area contributed by atoms with Crippen LogP contribution in [0.3, 0.4) is 0 Å². The largest absolute Gasteiger partial charge is 0.389 e. The highest BCUT2D eigenvalue weighted by Gasteiger charge is 2.64. The molecule has 98 valence electrons. The molecule has 2 bridgehead atoms. The van der Waals surface area contributed by atoms with Crippen LogP contribution in [0.2, 0.25) is 0 Å². The molecule has 0 radical (unpaired) electrons. The van der Waals surface area contributed by atoms with Crippen LogP contribution < -0.4 is 5.32 Å². The summed E-state index contributed by atoms with van der Waals surface area (Å²) < 4.78 is 5.41. The average molecular weight is 239 g/mol. The molecule has 5 atom stereocenters. The van der Waals surface area contributed by atoms with Crippen molar-refractivity contribution in [2.75, 3.05) is 13.2 Å². The molecule has 3 rings (SSSR count). The summed E-state index contributed by atoms with van der Waals surface area (Å²) in [5.74, 6) is 3.91. The molecule has 3 heteroatoms. The van der Waals surface area contributed by atoms with Crippen LogP contribution in [-0.4, -0.2) is 36.5 Å². The van der Waals surface area contributed by atoms with Crippen molar-refractivity contribution in [2.45, 2.75) is 51.4 Å². The van der Waals surface area contributed by atoms with Crippen LogP contribution in [0.15, 0.2) is 0 Å². The van der Waals surface area contributed by atoms with Gasteiger partial charge in [0, 0.05) is 12.6 Å². The summed E-state index contributed by atoms with van der Waals surface area (Å²) in [6.07, 6.45) is 4.27. The first kappa shape index (κ1) is 11.9. The minimum absolute atomic E-state index is 0.209. The fraction of sp³-hybridized carbons (Fsp3) is 1.00. The van der Waals surface area contributed by atoms with Crippen LogP contribution in [0.5, 0.6) is 0 Å². The smallest absolute Gasteiger partial charge is 0.0897 e. The Hall–Kier alpha value is -0.120. The van der Waals surface area contributed by atoms with Crippen molar-refractivity contribution in [1.82, 2.24) is 5.32 Å². The highest BCUT2D eigenvalue weighted by molar-refractivity contribution is 5.16. The molecular formula is C14H25NO2. The van der Waals surface area contributed by atoms with E-state index >= 15 is 0 Å². The molecule has 0 heterocycles. The third kappa shape index (κ3) is 2.25. The standard InChI is InChI=1S/C14H25NO2/c1-8(2)17-7-11(16)6-15-14-12-9-3-4-10(5-9)13(12)14/h8-16H,3-7H2,1-2H3. The lowest BCUT2D eigenvalue weighted by Gasteiger charge is -2.16. The first-order valence-electron chi connectivity index (χ1n) is 7.20. The normalized spacial score (nSPS) is 44.1. The Morgan fingerprint density at radius 1 is 1.24 bits per heavy atom. The van der Waals surface area contributed by atoms with Gasteiger partial charge in [-0.05, 0) is 56.8 Å². The fourth-order valence-corrected chi connectivity index (χ4v) is 4.23. The van der Waals surface area contributed by atoms with E-state index < -0.39 is 0 Å². The van der Waals surface area contributed by atoms with Crippen molar-refractivity contribution in [2.24, 2.45) is 23.7 Å². The van der Waals surface area contributed by atoms with Crippen molar-refractivity contribution < 1.29 is 9.84 Å². The first-order valence-corrected chi connectivity index (χ1v) is 7.20. The first-order chi connectivity index (χ1) is 8.16. The minimum Gasteiger partial charge on any atom is -0.389 e. The van der Waals surface area contributed by atoms with Crippen LogP contribution in [0.4, 0.5) is 0 Å². The molecular weight excluding hydrogens is 214 g/mol. The number of hydrogen-bond donors (Lipinski definition) is 2. The second-order valence-electron chi connectivity index (χ2n) is 6.46. The highest BCUT2D eigenvalue weighted by atomic mass is 16.5. The second-order valence-corrected chi connectivity index (χ2v) is 6.46. The molecule has 3 nitrogen and oxygen atoms in total.